The molecular weight excluding hydrogens is 316 g/mol. The van der Waals surface area contributed by atoms with Gasteiger partial charge in [-0.2, -0.15) is 0 Å². The molecule has 0 aliphatic heterocycles. The molecule has 0 aliphatic carbocycles. The van der Waals surface area contributed by atoms with Gasteiger partial charge in [-0.1, -0.05) is 35.9 Å². The van der Waals surface area contributed by atoms with Gasteiger partial charge in [-0.05, 0) is 42.5 Å². The van der Waals surface area contributed by atoms with Crippen LogP contribution in [0.2, 0.25) is 0 Å². The summed E-state index contributed by atoms with van der Waals surface area (Å²) < 4.78 is 5.34. The second kappa shape index (κ2) is 7.21. The van der Waals surface area contributed by atoms with Crippen LogP contribution in [-0.2, 0) is 6.42 Å². The minimum atomic E-state index is -0.385. The van der Waals surface area contributed by atoms with Crippen molar-refractivity contribution in [3.8, 4) is 5.75 Å². The third-order valence-electron chi connectivity index (χ3n) is 4.11. The second-order valence-electron chi connectivity index (χ2n) is 5.92. The first kappa shape index (κ1) is 16.8. The normalized spacial score (nSPS) is 10.6. The molecule has 0 bridgehead atoms. The highest BCUT2D eigenvalue weighted by Crippen LogP contribution is 2.19. The van der Waals surface area contributed by atoms with Gasteiger partial charge in [-0.3, -0.25) is 9.59 Å². The Labute approximate surface area is 145 Å². The molecule has 0 saturated heterocycles. The Kier molecular flexibility index (Phi) is 4.84. The summed E-state index contributed by atoms with van der Waals surface area (Å²) in [4.78, 5) is 27.2. The molecule has 1 aromatic heterocycles. The minimum Gasteiger partial charge on any atom is -0.496 e. The van der Waals surface area contributed by atoms with Crippen molar-refractivity contribution in [1.82, 2.24) is 10.3 Å². The van der Waals surface area contributed by atoms with Crippen LogP contribution in [-0.4, -0.2) is 24.5 Å². The maximum Gasteiger partial charge on any atom is 0.261 e. The molecule has 1 heterocycles. The smallest absolute Gasteiger partial charge is 0.261 e. The number of aromatic nitrogens is 1. The summed E-state index contributed by atoms with van der Waals surface area (Å²) >= 11 is 0. The lowest BCUT2D eigenvalue weighted by atomic mass is 10.1. The number of carbonyl (C=O) groups excluding carboxylic acids is 1. The van der Waals surface area contributed by atoms with E-state index in [0.29, 0.717) is 18.5 Å². The molecular formula is C20H20N2O3. The number of carbonyl (C=O) groups is 1. The number of rotatable bonds is 5. The monoisotopic (exact) mass is 336 g/mol. The first-order valence-electron chi connectivity index (χ1n) is 8.12. The molecule has 3 rings (SSSR count). The number of fused-ring (bicyclic) bond motifs is 1. The highest BCUT2D eigenvalue weighted by Gasteiger charge is 2.12. The molecule has 0 atom stereocenters. The number of benzene rings is 2. The molecule has 0 radical (unpaired) electrons. The molecule has 3 aromatic rings. The van der Waals surface area contributed by atoms with Crippen molar-refractivity contribution < 1.29 is 9.53 Å². The van der Waals surface area contributed by atoms with E-state index in [9.17, 15) is 9.59 Å². The van der Waals surface area contributed by atoms with Crippen LogP contribution in [0.15, 0.2) is 53.3 Å². The summed E-state index contributed by atoms with van der Waals surface area (Å²) in [6.45, 7) is 2.43. The van der Waals surface area contributed by atoms with Crippen molar-refractivity contribution in [3.63, 3.8) is 0 Å². The molecule has 5 heteroatoms. The summed E-state index contributed by atoms with van der Waals surface area (Å²) in [7, 11) is 1.63. The number of aryl methyl sites for hydroxylation is 1. The lowest BCUT2D eigenvalue weighted by molar-refractivity contribution is 0.0952. The van der Waals surface area contributed by atoms with Gasteiger partial charge in [0.25, 0.3) is 11.5 Å². The van der Waals surface area contributed by atoms with Crippen LogP contribution in [0.5, 0.6) is 5.75 Å². The summed E-state index contributed by atoms with van der Waals surface area (Å²) in [6.07, 6.45) is 0.627. The van der Waals surface area contributed by atoms with E-state index in [1.54, 1.807) is 13.2 Å². The van der Waals surface area contributed by atoms with Gasteiger partial charge in [-0.25, -0.2) is 0 Å². The predicted molar refractivity (Wildman–Crippen MR) is 98.3 cm³/mol. The van der Waals surface area contributed by atoms with E-state index in [2.05, 4.69) is 10.3 Å². The van der Waals surface area contributed by atoms with Crippen LogP contribution < -0.4 is 15.6 Å². The SMILES string of the molecule is COc1ccc(C)cc1CCNC(=O)c1cc2ccccc2[nH]c1=O. The molecule has 0 spiro atoms. The van der Waals surface area contributed by atoms with Gasteiger partial charge in [0.15, 0.2) is 0 Å². The molecule has 0 fully saturated rings. The molecule has 0 aliphatic rings. The number of ether oxygens (including phenoxy) is 1. The quantitative estimate of drug-likeness (QED) is 0.752. The topological polar surface area (TPSA) is 71.2 Å². The maximum absolute atomic E-state index is 12.4. The van der Waals surface area contributed by atoms with E-state index in [4.69, 9.17) is 4.74 Å². The van der Waals surface area contributed by atoms with Gasteiger partial charge in [0.1, 0.15) is 11.3 Å². The van der Waals surface area contributed by atoms with Crippen molar-refractivity contribution in [3.05, 3.63) is 75.6 Å². The number of methoxy groups -OCH3 is 1. The van der Waals surface area contributed by atoms with Gasteiger partial charge in [0.05, 0.1) is 7.11 Å². The zero-order valence-electron chi connectivity index (χ0n) is 14.3. The Balaban J connectivity index is 1.72. The van der Waals surface area contributed by atoms with Crippen LogP contribution in [0.1, 0.15) is 21.5 Å². The Bertz CT molecular complexity index is 976. The Morgan fingerprint density at radius 1 is 1.16 bits per heavy atom. The number of hydrogen-bond acceptors (Lipinski definition) is 3. The van der Waals surface area contributed by atoms with Crippen molar-refractivity contribution in [2.45, 2.75) is 13.3 Å². The summed E-state index contributed by atoms with van der Waals surface area (Å²) in [5.41, 5.74) is 2.61. The van der Waals surface area contributed by atoms with Gasteiger partial charge in [0.2, 0.25) is 0 Å². The van der Waals surface area contributed by atoms with Crippen LogP contribution in [0.3, 0.4) is 0 Å². The van der Waals surface area contributed by atoms with Gasteiger partial charge < -0.3 is 15.0 Å². The Hall–Kier alpha value is -3.08. The minimum absolute atomic E-state index is 0.120. The lowest BCUT2D eigenvalue weighted by Gasteiger charge is -2.10. The number of hydrogen-bond donors (Lipinski definition) is 2. The molecule has 2 aromatic carbocycles. The largest absolute Gasteiger partial charge is 0.496 e. The molecule has 1 amide bonds. The molecule has 0 unspecified atom stereocenters. The summed E-state index contributed by atoms with van der Waals surface area (Å²) in [5, 5.41) is 3.64. The number of nitrogens with one attached hydrogen (secondary N) is 2. The van der Waals surface area contributed by atoms with Crippen molar-refractivity contribution in [1.29, 1.82) is 0 Å². The van der Waals surface area contributed by atoms with Crippen LogP contribution >= 0.6 is 0 Å². The molecule has 128 valence electrons. The molecule has 0 saturated carbocycles. The van der Waals surface area contributed by atoms with Gasteiger partial charge in [-0.15, -0.1) is 0 Å². The number of para-hydroxylation sites is 1. The van der Waals surface area contributed by atoms with Crippen LogP contribution in [0.25, 0.3) is 10.9 Å². The maximum atomic E-state index is 12.4. The third-order valence-corrected chi connectivity index (χ3v) is 4.11. The third kappa shape index (κ3) is 3.71. The fourth-order valence-electron chi connectivity index (χ4n) is 2.82. The van der Waals surface area contributed by atoms with Crippen molar-refractivity contribution >= 4 is 16.8 Å². The zero-order chi connectivity index (χ0) is 17.8. The average Bonchev–Trinajstić information content (AvgIpc) is 2.61. The molecule has 2 N–H and O–H groups in total. The lowest BCUT2D eigenvalue weighted by Crippen LogP contribution is -2.31. The average molecular weight is 336 g/mol. The number of pyridine rings is 1. The number of aromatic amines is 1. The van der Waals surface area contributed by atoms with E-state index in [0.717, 1.165) is 22.3 Å². The first-order chi connectivity index (χ1) is 12.1. The van der Waals surface area contributed by atoms with Crippen molar-refractivity contribution in [2.75, 3.05) is 13.7 Å². The Morgan fingerprint density at radius 3 is 2.76 bits per heavy atom. The van der Waals surface area contributed by atoms with Crippen LogP contribution in [0.4, 0.5) is 0 Å². The Morgan fingerprint density at radius 2 is 1.96 bits per heavy atom. The van der Waals surface area contributed by atoms with Gasteiger partial charge in [0, 0.05) is 12.1 Å². The first-order valence-corrected chi connectivity index (χ1v) is 8.12. The number of H-pyrrole nitrogens is 1. The summed E-state index contributed by atoms with van der Waals surface area (Å²) in [5.74, 6) is 0.419. The van der Waals surface area contributed by atoms with E-state index in [1.165, 1.54) is 0 Å². The molecule has 5 nitrogen and oxygen atoms in total. The summed E-state index contributed by atoms with van der Waals surface area (Å²) in [6, 6.07) is 14.9. The highest BCUT2D eigenvalue weighted by atomic mass is 16.5. The van der Waals surface area contributed by atoms with Crippen LogP contribution in [0, 0.1) is 6.92 Å². The van der Waals surface area contributed by atoms with Gasteiger partial charge >= 0.3 is 0 Å². The standard InChI is InChI=1S/C20H20N2O3/c1-13-7-8-18(25-2)15(11-13)9-10-21-19(23)16-12-14-5-3-4-6-17(14)22-20(16)24/h3-8,11-12H,9-10H2,1-2H3,(H,21,23)(H,22,24). The van der Waals surface area contributed by atoms with E-state index < -0.39 is 0 Å². The molecule has 25 heavy (non-hydrogen) atoms. The second-order valence-corrected chi connectivity index (χ2v) is 5.92. The van der Waals surface area contributed by atoms with E-state index >= 15 is 0 Å². The highest BCUT2D eigenvalue weighted by molar-refractivity contribution is 5.97. The van der Waals surface area contributed by atoms with Crippen molar-refractivity contribution in [2.24, 2.45) is 0 Å². The number of amides is 1. The predicted octanol–water partition coefficient (Wildman–Crippen LogP) is 2.82. The zero-order valence-corrected chi connectivity index (χ0v) is 14.3. The fraction of sp³-hybridized carbons (Fsp3) is 0.200. The van der Waals surface area contributed by atoms with E-state index in [-0.39, 0.29) is 17.0 Å². The fourth-order valence-corrected chi connectivity index (χ4v) is 2.82. The van der Waals surface area contributed by atoms with E-state index in [1.807, 2.05) is 49.4 Å².